The molecule has 4 rings (SSSR count). The van der Waals surface area contributed by atoms with E-state index in [1.165, 1.54) is 0 Å². The molecule has 1 aromatic heterocycles. The molecule has 5 nitrogen and oxygen atoms in total. The van der Waals surface area contributed by atoms with Gasteiger partial charge in [0.05, 0.1) is 17.0 Å². The quantitative estimate of drug-likeness (QED) is 0.915. The number of aromatic nitrogens is 1. The number of aryl methyl sites for hydroxylation is 2. The second-order valence-electron chi connectivity index (χ2n) is 7.78. The number of aliphatic carboxylic acids is 1. The van der Waals surface area contributed by atoms with Crippen molar-refractivity contribution in [1.82, 2.24) is 9.88 Å². The topological polar surface area (TPSA) is 70.5 Å². The van der Waals surface area contributed by atoms with Gasteiger partial charge in [-0.3, -0.25) is 14.6 Å². The number of carbonyl (C=O) groups is 2. The van der Waals surface area contributed by atoms with Crippen LogP contribution in [-0.4, -0.2) is 40.0 Å². The molecule has 1 aromatic carbocycles. The number of rotatable bonds is 3. The van der Waals surface area contributed by atoms with Crippen molar-refractivity contribution in [3.05, 3.63) is 40.6 Å². The van der Waals surface area contributed by atoms with Crippen LogP contribution in [0, 0.1) is 19.8 Å². The second-order valence-corrected chi connectivity index (χ2v) is 7.78. The fourth-order valence-corrected chi connectivity index (χ4v) is 4.00. The third-order valence-electron chi connectivity index (χ3n) is 5.55. The summed E-state index contributed by atoms with van der Waals surface area (Å²) in [6, 6.07) is 6.07. The third-order valence-corrected chi connectivity index (χ3v) is 5.55. The summed E-state index contributed by atoms with van der Waals surface area (Å²) >= 11 is 0. The minimum atomic E-state index is -0.813. The highest BCUT2D eigenvalue weighted by Gasteiger charge is 2.31. The van der Waals surface area contributed by atoms with Crippen molar-refractivity contribution in [1.29, 1.82) is 0 Å². The van der Waals surface area contributed by atoms with Crippen LogP contribution in [0.15, 0.2) is 18.2 Å². The standard InChI is InChI=1S/C21H24N2O3/c1-12-8-13(2)19-16(9-12)17(10-18(22-19)14-5-6-14)20(24)23-7-3-4-15(11-23)21(25)26/h8-10,14-15H,3-7,11H2,1-2H3,(H,25,26). The van der Waals surface area contributed by atoms with E-state index in [9.17, 15) is 14.7 Å². The van der Waals surface area contributed by atoms with Crippen LogP contribution in [0.3, 0.4) is 0 Å². The zero-order valence-corrected chi connectivity index (χ0v) is 15.3. The van der Waals surface area contributed by atoms with Gasteiger partial charge in [-0.2, -0.15) is 0 Å². The van der Waals surface area contributed by atoms with Crippen molar-refractivity contribution in [2.45, 2.75) is 45.4 Å². The Hall–Kier alpha value is -2.43. The molecule has 1 N–H and O–H groups in total. The van der Waals surface area contributed by atoms with E-state index >= 15 is 0 Å². The number of carboxylic acids is 1. The lowest BCUT2D eigenvalue weighted by Crippen LogP contribution is -2.42. The molecular weight excluding hydrogens is 328 g/mol. The summed E-state index contributed by atoms with van der Waals surface area (Å²) in [4.78, 5) is 31.2. The van der Waals surface area contributed by atoms with E-state index < -0.39 is 11.9 Å². The normalized spacial score (nSPS) is 20.4. The van der Waals surface area contributed by atoms with Crippen LogP contribution in [0.5, 0.6) is 0 Å². The Balaban J connectivity index is 1.79. The predicted octanol–water partition coefficient (Wildman–Crippen LogP) is 3.67. The van der Waals surface area contributed by atoms with Crippen LogP contribution in [0.25, 0.3) is 10.9 Å². The van der Waals surface area contributed by atoms with Gasteiger partial charge in [0.2, 0.25) is 0 Å². The Kier molecular flexibility index (Phi) is 4.17. The number of benzene rings is 1. The molecule has 1 saturated heterocycles. The number of hydrogen-bond donors (Lipinski definition) is 1. The maximum absolute atomic E-state index is 13.3. The second kappa shape index (κ2) is 6.38. The summed E-state index contributed by atoms with van der Waals surface area (Å²) in [5.41, 5.74) is 4.76. The molecule has 2 heterocycles. The van der Waals surface area contributed by atoms with Gasteiger partial charge in [0, 0.05) is 30.1 Å². The van der Waals surface area contributed by atoms with Crippen LogP contribution in [-0.2, 0) is 4.79 Å². The molecule has 136 valence electrons. The van der Waals surface area contributed by atoms with Gasteiger partial charge in [0.15, 0.2) is 0 Å². The van der Waals surface area contributed by atoms with Crippen molar-refractivity contribution in [2.75, 3.05) is 13.1 Å². The van der Waals surface area contributed by atoms with Crippen molar-refractivity contribution < 1.29 is 14.7 Å². The number of carbonyl (C=O) groups excluding carboxylic acids is 1. The van der Waals surface area contributed by atoms with Gasteiger partial charge in [-0.1, -0.05) is 11.6 Å². The fourth-order valence-electron chi connectivity index (χ4n) is 4.00. The zero-order chi connectivity index (χ0) is 18.4. The summed E-state index contributed by atoms with van der Waals surface area (Å²) in [7, 11) is 0. The van der Waals surface area contributed by atoms with E-state index in [2.05, 4.69) is 6.07 Å². The first-order valence-corrected chi connectivity index (χ1v) is 9.38. The molecule has 1 amide bonds. The molecule has 1 unspecified atom stereocenters. The van der Waals surface area contributed by atoms with Crippen molar-refractivity contribution in [2.24, 2.45) is 5.92 Å². The van der Waals surface area contributed by atoms with Crippen molar-refractivity contribution in [3.63, 3.8) is 0 Å². The van der Waals surface area contributed by atoms with E-state index in [1.54, 1.807) is 4.90 Å². The molecule has 1 aliphatic heterocycles. The lowest BCUT2D eigenvalue weighted by atomic mass is 9.96. The smallest absolute Gasteiger partial charge is 0.308 e. The maximum Gasteiger partial charge on any atom is 0.308 e. The molecule has 5 heteroatoms. The first-order chi connectivity index (χ1) is 12.4. The number of pyridine rings is 1. The van der Waals surface area contributed by atoms with Crippen LogP contribution >= 0.6 is 0 Å². The van der Waals surface area contributed by atoms with E-state index in [0.717, 1.165) is 47.0 Å². The molecule has 0 radical (unpaired) electrons. The Bertz CT molecular complexity index is 902. The lowest BCUT2D eigenvalue weighted by molar-refractivity contribution is -0.143. The number of carboxylic acid groups (broad SMARTS) is 1. The van der Waals surface area contributed by atoms with Gasteiger partial charge in [-0.15, -0.1) is 0 Å². The summed E-state index contributed by atoms with van der Waals surface area (Å²) in [5.74, 6) is -0.880. The molecule has 0 bridgehead atoms. The molecule has 2 fully saturated rings. The largest absolute Gasteiger partial charge is 0.481 e. The fraction of sp³-hybridized carbons (Fsp3) is 0.476. The molecular formula is C21H24N2O3. The van der Waals surface area contributed by atoms with Gasteiger partial charge in [0.25, 0.3) is 5.91 Å². The number of fused-ring (bicyclic) bond motifs is 1. The summed E-state index contributed by atoms with van der Waals surface area (Å²) < 4.78 is 0. The highest BCUT2D eigenvalue weighted by Crippen LogP contribution is 2.41. The number of likely N-dealkylation sites (tertiary alicyclic amines) is 1. The van der Waals surface area contributed by atoms with Gasteiger partial charge < -0.3 is 10.0 Å². The van der Waals surface area contributed by atoms with Crippen LogP contribution in [0.2, 0.25) is 0 Å². The average Bonchev–Trinajstić information content (AvgIpc) is 3.45. The van der Waals surface area contributed by atoms with Gasteiger partial charge in [0.1, 0.15) is 0 Å². The minimum Gasteiger partial charge on any atom is -0.481 e. The molecule has 2 aromatic rings. The Morgan fingerprint density at radius 3 is 2.62 bits per heavy atom. The highest BCUT2D eigenvalue weighted by molar-refractivity contribution is 6.07. The molecule has 2 aliphatic rings. The van der Waals surface area contributed by atoms with Crippen LogP contribution in [0.4, 0.5) is 0 Å². The predicted molar refractivity (Wildman–Crippen MR) is 99.5 cm³/mol. The van der Waals surface area contributed by atoms with E-state index in [0.29, 0.717) is 31.0 Å². The number of amides is 1. The van der Waals surface area contributed by atoms with Crippen molar-refractivity contribution >= 4 is 22.8 Å². The summed E-state index contributed by atoms with van der Waals surface area (Å²) in [6.45, 7) is 4.98. The summed E-state index contributed by atoms with van der Waals surface area (Å²) in [6.07, 6.45) is 3.63. The molecule has 1 saturated carbocycles. The maximum atomic E-state index is 13.3. The molecule has 0 spiro atoms. The molecule has 1 aliphatic carbocycles. The average molecular weight is 352 g/mol. The Labute approximate surface area is 153 Å². The number of nitrogens with zero attached hydrogens (tertiary/aromatic N) is 2. The summed E-state index contributed by atoms with van der Waals surface area (Å²) in [5, 5.41) is 10.2. The number of hydrogen-bond acceptors (Lipinski definition) is 3. The SMILES string of the molecule is Cc1cc(C)c2nc(C3CC3)cc(C(=O)N3CCCC(C(=O)O)C3)c2c1. The van der Waals surface area contributed by atoms with Gasteiger partial charge in [-0.05, 0) is 57.2 Å². The first-order valence-electron chi connectivity index (χ1n) is 9.38. The molecule has 26 heavy (non-hydrogen) atoms. The monoisotopic (exact) mass is 352 g/mol. The lowest BCUT2D eigenvalue weighted by Gasteiger charge is -2.31. The van der Waals surface area contributed by atoms with E-state index in [-0.39, 0.29) is 5.91 Å². The first kappa shape index (κ1) is 17.0. The Morgan fingerprint density at radius 1 is 1.15 bits per heavy atom. The van der Waals surface area contributed by atoms with Crippen LogP contribution < -0.4 is 0 Å². The third kappa shape index (κ3) is 3.06. The minimum absolute atomic E-state index is 0.0600. The number of piperidine rings is 1. The van der Waals surface area contributed by atoms with E-state index in [1.807, 2.05) is 26.0 Å². The highest BCUT2D eigenvalue weighted by atomic mass is 16.4. The zero-order valence-electron chi connectivity index (χ0n) is 15.3. The van der Waals surface area contributed by atoms with Gasteiger partial charge >= 0.3 is 5.97 Å². The van der Waals surface area contributed by atoms with Crippen LogP contribution in [0.1, 0.15) is 58.8 Å². The van der Waals surface area contributed by atoms with E-state index in [4.69, 9.17) is 4.98 Å². The Morgan fingerprint density at radius 2 is 1.92 bits per heavy atom. The van der Waals surface area contributed by atoms with Crippen molar-refractivity contribution in [3.8, 4) is 0 Å². The molecule has 1 atom stereocenters. The van der Waals surface area contributed by atoms with Gasteiger partial charge in [-0.25, -0.2) is 0 Å².